The SMILES string of the molecule is CC(C)=CC1=C(S)c2sc(C)cc2C1=C(C#N)C#N. The Morgan fingerprint density at radius 3 is 2.47 bits per heavy atom. The van der Waals surface area contributed by atoms with Crippen molar-refractivity contribution < 1.29 is 0 Å². The van der Waals surface area contributed by atoms with E-state index in [1.165, 1.54) is 0 Å². The third-order valence-electron chi connectivity index (χ3n) is 2.77. The van der Waals surface area contributed by atoms with E-state index in [1.807, 2.05) is 45.1 Å². The van der Waals surface area contributed by atoms with Gasteiger partial charge >= 0.3 is 0 Å². The Morgan fingerprint density at radius 1 is 1.32 bits per heavy atom. The molecule has 0 spiro atoms. The van der Waals surface area contributed by atoms with Crippen LogP contribution < -0.4 is 0 Å². The van der Waals surface area contributed by atoms with E-state index in [0.717, 1.165) is 36.9 Å². The lowest BCUT2D eigenvalue weighted by atomic mass is 9.98. The second-order valence-corrected chi connectivity index (χ2v) is 6.26. The maximum atomic E-state index is 9.16. The molecule has 2 rings (SSSR count). The summed E-state index contributed by atoms with van der Waals surface area (Å²) >= 11 is 6.22. The summed E-state index contributed by atoms with van der Waals surface area (Å²) in [4.78, 5) is 3.05. The van der Waals surface area contributed by atoms with Crippen LogP contribution in [0.4, 0.5) is 0 Å². The zero-order chi connectivity index (χ0) is 14.2. The minimum absolute atomic E-state index is 0.149. The number of fused-ring (bicyclic) bond motifs is 1. The van der Waals surface area contributed by atoms with Gasteiger partial charge in [-0.1, -0.05) is 11.6 Å². The topological polar surface area (TPSA) is 47.6 Å². The molecular weight excluding hydrogens is 272 g/mol. The van der Waals surface area contributed by atoms with E-state index >= 15 is 0 Å². The third-order valence-corrected chi connectivity index (χ3v) is 4.45. The molecule has 1 aromatic heterocycles. The molecule has 1 heterocycles. The summed E-state index contributed by atoms with van der Waals surface area (Å²) in [7, 11) is 0. The van der Waals surface area contributed by atoms with Gasteiger partial charge in [-0.2, -0.15) is 10.5 Å². The normalized spacial score (nSPS) is 12.8. The molecular formula is C15H12N2S2. The first-order chi connectivity index (χ1) is 8.99. The molecule has 0 N–H and O–H groups in total. The van der Waals surface area contributed by atoms with Crippen LogP contribution in [0.5, 0.6) is 0 Å². The lowest BCUT2D eigenvalue weighted by Gasteiger charge is -2.03. The Balaban J connectivity index is 2.84. The van der Waals surface area contributed by atoms with Gasteiger partial charge in [0.15, 0.2) is 0 Å². The highest BCUT2D eigenvalue weighted by Gasteiger charge is 2.28. The number of hydrogen-bond donors (Lipinski definition) is 1. The number of hydrogen-bond acceptors (Lipinski definition) is 4. The molecule has 0 aliphatic heterocycles. The van der Waals surface area contributed by atoms with Crippen molar-refractivity contribution >= 4 is 34.4 Å². The van der Waals surface area contributed by atoms with Crippen molar-refractivity contribution in [1.82, 2.24) is 0 Å². The molecule has 0 radical (unpaired) electrons. The summed E-state index contributed by atoms with van der Waals surface area (Å²) in [6.45, 7) is 5.99. The molecule has 0 amide bonds. The second-order valence-electron chi connectivity index (χ2n) is 4.56. The van der Waals surface area contributed by atoms with Crippen LogP contribution in [0.15, 0.2) is 28.9 Å². The van der Waals surface area contributed by atoms with Crippen LogP contribution in [0.2, 0.25) is 0 Å². The molecule has 19 heavy (non-hydrogen) atoms. The summed E-state index contributed by atoms with van der Waals surface area (Å²) in [6.07, 6.45) is 1.98. The van der Waals surface area contributed by atoms with Crippen molar-refractivity contribution in [3.05, 3.63) is 44.2 Å². The van der Waals surface area contributed by atoms with E-state index in [4.69, 9.17) is 10.5 Å². The van der Waals surface area contributed by atoms with Crippen molar-refractivity contribution in [1.29, 1.82) is 10.5 Å². The fraction of sp³-hybridized carbons (Fsp3) is 0.200. The molecule has 94 valence electrons. The van der Waals surface area contributed by atoms with Gasteiger partial charge in [0.05, 0.1) is 0 Å². The van der Waals surface area contributed by atoms with Crippen molar-refractivity contribution in [2.24, 2.45) is 0 Å². The van der Waals surface area contributed by atoms with Crippen LogP contribution in [0.1, 0.15) is 29.2 Å². The van der Waals surface area contributed by atoms with Gasteiger partial charge in [0.1, 0.15) is 17.7 Å². The van der Waals surface area contributed by atoms with E-state index in [0.29, 0.717) is 0 Å². The highest BCUT2D eigenvalue weighted by molar-refractivity contribution is 7.91. The van der Waals surface area contributed by atoms with Gasteiger partial charge in [-0.15, -0.1) is 24.0 Å². The lowest BCUT2D eigenvalue weighted by Crippen LogP contribution is -1.88. The Labute approximate surface area is 122 Å². The van der Waals surface area contributed by atoms with Crippen LogP contribution in [0.25, 0.3) is 10.5 Å². The van der Waals surface area contributed by atoms with Gasteiger partial charge in [-0.25, -0.2) is 0 Å². The Hall–Kier alpha value is -1.75. The molecule has 0 atom stereocenters. The molecule has 0 unspecified atom stereocenters. The van der Waals surface area contributed by atoms with Gasteiger partial charge < -0.3 is 0 Å². The minimum atomic E-state index is 0.149. The largest absolute Gasteiger partial charge is 0.192 e. The van der Waals surface area contributed by atoms with E-state index in [-0.39, 0.29) is 5.57 Å². The van der Waals surface area contributed by atoms with Gasteiger partial charge in [0.25, 0.3) is 0 Å². The molecule has 1 aliphatic rings. The van der Waals surface area contributed by atoms with Crippen LogP contribution in [0.3, 0.4) is 0 Å². The average Bonchev–Trinajstić information content (AvgIpc) is 2.82. The predicted octanol–water partition coefficient (Wildman–Crippen LogP) is 4.48. The first kappa shape index (κ1) is 13.7. The summed E-state index contributed by atoms with van der Waals surface area (Å²) in [5.41, 5.74) is 3.81. The molecule has 0 aromatic carbocycles. The summed E-state index contributed by atoms with van der Waals surface area (Å²) in [5.74, 6) is 0. The number of thiophene rings is 1. The highest BCUT2D eigenvalue weighted by atomic mass is 32.1. The fourth-order valence-corrected chi connectivity index (χ4v) is 3.51. The van der Waals surface area contributed by atoms with Crippen LogP contribution >= 0.6 is 24.0 Å². The number of allylic oxidation sites excluding steroid dienone is 5. The quantitative estimate of drug-likeness (QED) is 0.610. The van der Waals surface area contributed by atoms with Gasteiger partial charge in [0, 0.05) is 25.8 Å². The Kier molecular flexibility index (Phi) is 3.66. The summed E-state index contributed by atoms with van der Waals surface area (Å²) in [5, 5.41) is 18.3. The first-order valence-electron chi connectivity index (χ1n) is 5.73. The molecule has 0 saturated carbocycles. The zero-order valence-electron chi connectivity index (χ0n) is 10.9. The van der Waals surface area contributed by atoms with Crippen LogP contribution in [0, 0.1) is 29.6 Å². The van der Waals surface area contributed by atoms with Crippen molar-refractivity contribution in [3.8, 4) is 12.1 Å². The summed E-state index contributed by atoms with van der Waals surface area (Å²) in [6, 6.07) is 6.01. The number of nitrogens with zero attached hydrogens (tertiary/aromatic N) is 2. The van der Waals surface area contributed by atoms with Gasteiger partial charge in [0.2, 0.25) is 0 Å². The monoisotopic (exact) mass is 284 g/mol. The van der Waals surface area contributed by atoms with Crippen LogP contribution in [-0.2, 0) is 0 Å². The van der Waals surface area contributed by atoms with Crippen molar-refractivity contribution in [2.75, 3.05) is 0 Å². The number of thiol groups is 1. The fourth-order valence-electron chi connectivity index (χ4n) is 2.10. The smallest absolute Gasteiger partial charge is 0.138 e. The Bertz CT molecular complexity index is 711. The highest BCUT2D eigenvalue weighted by Crippen LogP contribution is 2.49. The standard InChI is InChI=1S/C15H12N2S2/c1-8(2)4-11-13(10(6-16)7-17)12-5-9(3)19-15(12)14(11)18/h4-5,18H,1-3H3. The van der Waals surface area contributed by atoms with Crippen LogP contribution in [-0.4, -0.2) is 0 Å². The maximum Gasteiger partial charge on any atom is 0.138 e. The molecule has 4 heteroatoms. The summed E-state index contributed by atoms with van der Waals surface area (Å²) < 4.78 is 0. The van der Waals surface area contributed by atoms with E-state index in [2.05, 4.69) is 12.6 Å². The molecule has 0 saturated heterocycles. The van der Waals surface area contributed by atoms with Crippen molar-refractivity contribution in [3.63, 3.8) is 0 Å². The predicted molar refractivity (Wildman–Crippen MR) is 82.5 cm³/mol. The molecule has 1 aliphatic carbocycles. The van der Waals surface area contributed by atoms with E-state index < -0.39 is 0 Å². The van der Waals surface area contributed by atoms with Gasteiger partial charge in [-0.3, -0.25) is 0 Å². The number of nitriles is 2. The Morgan fingerprint density at radius 2 is 1.95 bits per heavy atom. The molecule has 1 aromatic rings. The van der Waals surface area contributed by atoms with E-state index in [1.54, 1.807) is 11.3 Å². The second kappa shape index (κ2) is 5.09. The molecule has 2 nitrogen and oxygen atoms in total. The number of rotatable bonds is 1. The minimum Gasteiger partial charge on any atom is -0.192 e. The number of aryl methyl sites for hydroxylation is 1. The van der Waals surface area contributed by atoms with E-state index in [9.17, 15) is 0 Å². The lowest BCUT2D eigenvalue weighted by molar-refractivity contribution is 1.38. The zero-order valence-corrected chi connectivity index (χ0v) is 12.6. The van der Waals surface area contributed by atoms with Crippen molar-refractivity contribution in [2.45, 2.75) is 20.8 Å². The molecule has 0 fully saturated rings. The van der Waals surface area contributed by atoms with Gasteiger partial charge in [-0.05, 0) is 32.4 Å². The molecule has 0 bridgehead atoms. The first-order valence-corrected chi connectivity index (χ1v) is 7.00. The average molecular weight is 284 g/mol. The maximum absolute atomic E-state index is 9.16. The third kappa shape index (κ3) is 2.26.